The molecule has 0 unspecified atom stereocenters. The molecule has 0 fully saturated rings. The molecule has 1 aromatic heterocycles. The lowest BCUT2D eigenvalue weighted by atomic mass is 9.84. The second-order valence-electron chi connectivity index (χ2n) is 10.3. The molecule has 0 aliphatic heterocycles. The summed E-state index contributed by atoms with van der Waals surface area (Å²) in [4.78, 5) is 0. The van der Waals surface area contributed by atoms with Gasteiger partial charge in [0.2, 0.25) is 0 Å². The highest BCUT2D eigenvalue weighted by molar-refractivity contribution is 6.28. The van der Waals surface area contributed by atoms with E-state index in [9.17, 15) is 13.7 Å². The molecule has 47 heavy (non-hydrogen) atoms. The Labute approximate surface area is 311 Å². The molecule has 0 bridgehead atoms. The lowest BCUT2D eigenvalue weighted by Gasteiger charge is -2.19. The number of hydrogen-bond donors (Lipinski definition) is 0. The predicted molar refractivity (Wildman–Crippen MR) is 200 cm³/mol. The van der Waals surface area contributed by atoms with Crippen LogP contribution in [0.1, 0.15) is 38.4 Å². The molecular formula is C46H28O. The van der Waals surface area contributed by atoms with E-state index in [2.05, 4.69) is 0 Å². The van der Waals surface area contributed by atoms with Crippen molar-refractivity contribution in [3.8, 4) is 33.4 Å². The third-order valence-corrected chi connectivity index (χ3v) is 7.81. The molecule has 0 atom stereocenters. The van der Waals surface area contributed by atoms with Crippen molar-refractivity contribution in [3.63, 3.8) is 0 Å². The van der Waals surface area contributed by atoms with E-state index in [1.165, 1.54) is 0 Å². The van der Waals surface area contributed by atoms with Crippen molar-refractivity contribution < 1.29 is 42.8 Å². The molecule has 9 aromatic carbocycles. The number of furan rings is 1. The van der Waals surface area contributed by atoms with Crippen LogP contribution >= 0.6 is 0 Å². The Morgan fingerprint density at radius 2 is 0.936 bits per heavy atom. The molecule has 1 heterocycles. The van der Waals surface area contributed by atoms with Crippen LogP contribution in [0.3, 0.4) is 0 Å². The number of fused-ring (bicyclic) bond motifs is 8. The zero-order valence-corrected chi connectivity index (χ0v) is 23.4. The summed E-state index contributed by atoms with van der Waals surface area (Å²) in [5.74, 6) is 0. The average molecular weight is 625 g/mol. The first-order chi connectivity index (χ1) is 35.0. The van der Waals surface area contributed by atoms with Crippen LogP contribution in [0.25, 0.3) is 98.4 Å². The fraction of sp³-hybridized carbons (Fsp3) is 0. The summed E-state index contributed by atoms with van der Waals surface area (Å²) in [5.41, 5.74) is -5.53. The van der Waals surface area contributed by atoms with Gasteiger partial charge < -0.3 is 4.42 Å². The molecule has 218 valence electrons. The van der Waals surface area contributed by atoms with Crippen LogP contribution in [-0.4, -0.2) is 0 Å². The molecule has 10 aromatic rings. The number of benzene rings is 9. The van der Waals surface area contributed by atoms with Gasteiger partial charge in [0.15, 0.2) is 0 Å². The van der Waals surface area contributed by atoms with E-state index in [1.54, 1.807) is 0 Å². The van der Waals surface area contributed by atoms with Gasteiger partial charge in [-0.15, -0.1) is 0 Å². The minimum absolute atomic E-state index is 0.574. The highest BCUT2D eigenvalue weighted by atomic mass is 16.3. The Kier molecular flexibility index (Phi) is 2.31. The van der Waals surface area contributed by atoms with E-state index in [0.717, 1.165) is 0 Å². The molecule has 0 saturated carbocycles. The van der Waals surface area contributed by atoms with Crippen molar-refractivity contribution in [3.05, 3.63) is 169 Å². The van der Waals surface area contributed by atoms with E-state index in [0.29, 0.717) is 0 Å². The Morgan fingerprint density at radius 3 is 1.68 bits per heavy atom. The summed E-state index contributed by atoms with van der Waals surface area (Å²) in [7, 11) is 0. The predicted octanol–water partition coefficient (Wildman–Crippen LogP) is 13.2. The first-order valence-electron chi connectivity index (χ1n) is 27.9. The average Bonchev–Trinajstić information content (AvgIpc) is 3.78. The molecule has 1 heteroatoms. The van der Waals surface area contributed by atoms with Crippen LogP contribution in [0, 0.1) is 0 Å². The minimum atomic E-state index is -0.997. The Hall–Kier alpha value is -6.18. The Balaban J connectivity index is 1.52. The molecule has 10 rings (SSSR count). The van der Waals surface area contributed by atoms with Crippen molar-refractivity contribution in [1.29, 1.82) is 0 Å². The molecule has 1 nitrogen and oxygen atoms in total. The lowest BCUT2D eigenvalue weighted by Crippen LogP contribution is -1.92. The summed E-state index contributed by atoms with van der Waals surface area (Å²) >= 11 is 0. The van der Waals surface area contributed by atoms with Gasteiger partial charge in [-0.3, -0.25) is 0 Å². The van der Waals surface area contributed by atoms with Crippen LogP contribution in [0.2, 0.25) is 0 Å². The quantitative estimate of drug-likeness (QED) is 0.178. The summed E-state index contributed by atoms with van der Waals surface area (Å²) < 4.78 is 258. The van der Waals surface area contributed by atoms with E-state index >= 15 is 0 Å². The molecule has 0 aliphatic rings. The molecule has 0 amide bonds. The fourth-order valence-electron chi connectivity index (χ4n) is 5.87. The SMILES string of the molecule is [2H]c1c([2H])c([2H])c(-c2c([2H])c([2H])c3c(c2[2H])c([2H])c([2H])c2c3oc3c([2H])c([2H])c([2H])c(-c4c5c([2H])c([2H])c([2H])c([2H])c5c(-c5c([2H])c([2H])c([2H])c6c([2H])c([2H])c([2H])c([2H])c56)c5c([2H])c([2H])c([2H])c([2H])c45)c32)c([2H])c1[2H]. The van der Waals surface area contributed by atoms with Gasteiger partial charge in [-0.25, -0.2) is 0 Å². The van der Waals surface area contributed by atoms with Crippen LogP contribution in [-0.2, 0) is 0 Å². The van der Waals surface area contributed by atoms with Gasteiger partial charge in [-0.2, -0.15) is 0 Å². The standard InChI is InChI=1S/C46H28O/c1-2-12-29(13-3-1)31-24-26-34-32(28-31)25-27-41-45-40(22-11-23-42(45)47-46(34)41)44-38-19-8-6-17-36(38)43(37-18-7-9-20-39(37)44)35-21-10-15-30-14-4-5-16-33(30)35/h1-28H/i1D,2D,3D,4D,5D,6D,7D,8D,9D,10D,11D,12D,13D,14D,15D,16D,17D,18D,19D,20D,21D,22D,23D,24D,25D,26D,27D,28D. The highest BCUT2D eigenvalue weighted by Gasteiger charge is 2.21. The molecule has 0 saturated heterocycles. The topological polar surface area (TPSA) is 13.1 Å². The number of rotatable bonds is 3. The maximum Gasteiger partial charge on any atom is 0.143 e. The third-order valence-electron chi connectivity index (χ3n) is 7.81. The smallest absolute Gasteiger partial charge is 0.143 e. The summed E-state index contributed by atoms with van der Waals surface area (Å²) in [6, 6.07) is -25.8. The molecule has 0 spiro atoms. The lowest BCUT2D eigenvalue weighted by molar-refractivity contribution is 0.673. The van der Waals surface area contributed by atoms with Crippen LogP contribution in [0.15, 0.2) is 174 Å². The normalized spacial score (nSPS) is 20.2. The van der Waals surface area contributed by atoms with Crippen LogP contribution < -0.4 is 0 Å². The van der Waals surface area contributed by atoms with Gasteiger partial charge in [0.1, 0.15) is 11.2 Å². The van der Waals surface area contributed by atoms with Crippen molar-refractivity contribution in [2.24, 2.45) is 0 Å². The first-order valence-corrected chi connectivity index (χ1v) is 13.9. The zero-order valence-electron chi connectivity index (χ0n) is 51.4. The van der Waals surface area contributed by atoms with Gasteiger partial charge in [-0.05, 0) is 95.3 Å². The van der Waals surface area contributed by atoms with Crippen molar-refractivity contribution in [2.45, 2.75) is 0 Å². The summed E-state index contributed by atoms with van der Waals surface area (Å²) in [6.45, 7) is 0. The second kappa shape index (κ2) is 10.2. The van der Waals surface area contributed by atoms with Gasteiger partial charge in [0, 0.05) is 16.2 Å². The summed E-state index contributed by atoms with van der Waals surface area (Å²) in [6.07, 6.45) is 0. The van der Waals surface area contributed by atoms with E-state index in [1.807, 2.05) is 0 Å². The van der Waals surface area contributed by atoms with Gasteiger partial charge in [0.25, 0.3) is 0 Å². The van der Waals surface area contributed by atoms with Crippen molar-refractivity contribution >= 4 is 65.0 Å². The highest BCUT2D eigenvalue weighted by Crippen LogP contribution is 2.48. The molecule has 0 N–H and O–H groups in total. The van der Waals surface area contributed by atoms with Crippen molar-refractivity contribution in [1.82, 2.24) is 0 Å². The third kappa shape index (κ3) is 3.90. The molecule has 0 aliphatic carbocycles. The minimum Gasteiger partial charge on any atom is -0.455 e. The zero-order chi connectivity index (χ0) is 55.3. The van der Waals surface area contributed by atoms with Crippen LogP contribution in [0.5, 0.6) is 0 Å². The Bertz CT molecular complexity index is 4330. The molecule has 0 radical (unpaired) electrons. The monoisotopic (exact) mass is 624 g/mol. The molecular weight excluding hydrogens is 569 g/mol. The van der Waals surface area contributed by atoms with E-state index < -0.39 is 268 Å². The van der Waals surface area contributed by atoms with Crippen LogP contribution in [0.4, 0.5) is 0 Å². The van der Waals surface area contributed by atoms with Crippen molar-refractivity contribution in [2.75, 3.05) is 0 Å². The first kappa shape index (κ1) is 10.7. The maximum atomic E-state index is 9.60. The van der Waals surface area contributed by atoms with E-state index in [-0.39, 0.29) is 0 Å². The maximum absolute atomic E-state index is 9.60. The summed E-state index contributed by atoms with van der Waals surface area (Å²) in [5, 5.41) is -6.52. The van der Waals surface area contributed by atoms with Gasteiger partial charge in [0.05, 0.1) is 38.4 Å². The Morgan fingerprint density at radius 1 is 0.362 bits per heavy atom. The van der Waals surface area contributed by atoms with E-state index in [4.69, 9.17) is 29.1 Å². The fourth-order valence-corrected chi connectivity index (χ4v) is 5.87. The second-order valence-corrected chi connectivity index (χ2v) is 10.3. The van der Waals surface area contributed by atoms with Gasteiger partial charge in [-0.1, -0.05) is 145 Å². The number of hydrogen-bond acceptors (Lipinski definition) is 1. The van der Waals surface area contributed by atoms with Gasteiger partial charge >= 0.3 is 0 Å². The largest absolute Gasteiger partial charge is 0.455 e.